The fraction of sp³-hybridized carbons (Fsp3) is 0.462. The van der Waals surface area contributed by atoms with Crippen LogP contribution in [-0.4, -0.2) is 4.69 Å². The number of aryl methyl sites for hydroxylation is 2. The van der Waals surface area contributed by atoms with E-state index >= 15 is 0 Å². The zero-order valence-corrected chi connectivity index (χ0v) is 11.1. The zero-order chi connectivity index (χ0) is 11.4. The molecule has 0 N–H and O–H groups in total. The molecule has 15 heavy (non-hydrogen) atoms. The maximum absolute atomic E-state index is 11.5. The Labute approximate surface area is 100 Å². The summed E-state index contributed by atoms with van der Waals surface area (Å²) in [5, 5.41) is 0. The van der Waals surface area contributed by atoms with Gasteiger partial charge in [-0.05, 0) is 57.9 Å². The first-order valence-corrected chi connectivity index (χ1v) is 6.27. The van der Waals surface area contributed by atoms with E-state index in [1.165, 1.54) is 16.7 Å². The van der Waals surface area contributed by atoms with Gasteiger partial charge in [-0.25, -0.2) is 0 Å². The van der Waals surface area contributed by atoms with Crippen LogP contribution in [-0.2, 0) is 19.3 Å². The predicted molar refractivity (Wildman–Crippen MR) is 67.8 cm³/mol. The molecule has 0 bridgehead atoms. The smallest absolute Gasteiger partial charge is 0.228 e. The second-order valence-corrected chi connectivity index (χ2v) is 4.34. The van der Waals surface area contributed by atoms with E-state index in [1.807, 2.05) is 6.07 Å². The van der Waals surface area contributed by atoms with E-state index in [0.29, 0.717) is 0 Å². The van der Waals surface area contributed by atoms with Gasteiger partial charge in [-0.2, -0.15) is 0 Å². The molecule has 0 heterocycles. The SMILES string of the molecule is CCc1cc(CC)c(CC)c(C(=O)Br)c1. The molecule has 82 valence electrons. The molecule has 1 nitrogen and oxygen atoms in total. The van der Waals surface area contributed by atoms with Crippen LogP contribution in [0.15, 0.2) is 12.1 Å². The highest BCUT2D eigenvalue weighted by Crippen LogP contribution is 2.22. The van der Waals surface area contributed by atoms with E-state index in [9.17, 15) is 4.79 Å². The van der Waals surface area contributed by atoms with Gasteiger partial charge < -0.3 is 0 Å². The summed E-state index contributed by atoms with van der Waals surface area (Å²) in [5.74, 6) is 0. The standard InChI is InChI=1S/C13H17BrO/c1-4-9-7-10(5-2)11(6-3)12(8-9)13(14)15/h7-8H,4-6H2,1-3H3. The van der Waals surface area contributed by atoms with Crippen molar-refractivity contribution in [2.75, 3.05) is 0 Å². The predicted octanol–water partition coefficient (Wildman–Crippen LogP) is 3.91. The van der Waals surface area contributed by atoms with Gasteiger partial charge in [0, 0.05) is 5.56 Å². The highest BCUT2D eigenvalue weighted by atomic mass is 79.9. The minimum absolute atomic E-state index is 0.00403. The number of hydrogen-bond donors (Lipinski definition) is 0. The largest absolute Gasteiger partial charge is 0.281 e. The molecular formula is C13H17BrO. The quantitative estimate of drug-likeness (QED) is 0.757. The Bertz CT molecular complexity index is 369. The maximum atomic E-state index is 11.5. The molecule has 0 aromatic heterocycles. The lowest BCUT2D eigenvalue weighted by atomic mass is 9.94. The molecule has 0 aliphatic heterocycles. The molecule has 0 atom stereocenters. The maximum Gasteiger partial charge on any atom is 0.228 e. The summed E-state index contributed by atoms with van der Waals surface area (Å²) in [6, 6.07) is 4.23. The molecular weight excluding hydrogens is 252 g/mol. The van der Waals surface area contributed by atoms with Gasteiger partial charge in [-0.1, -0.05) is 26.8 Å². The van der Waals surface area contributed by atoms with E-state index in [-0.39, 0.29) is 4.69 Å². The van der Waals surface area contributed by atoms with Crippen LogP contribution < -0.4 is 0 Å². The summed E-state index contributed by atoms with van der Waals surface area (Å²) in [5.41, 5.74) is 4.58. The van der Waals surface area contributed by atoms with Gasteiger partial charge in [0.05, 0.1) is 0 Å². The average molecular weight is 269 g/mol. The van der Waals surface area contributed by atoms with Crippen molar-refractivity contribution in [3.05, 3.63) is 34.4 Å². The van der Waals surface area contributed by atoms with Crippen LogP contribution in [0.1, 0.15) is 47.8 Å². The molecule has 2 heteroatoms. The molecule has 0 saturated carbocycles. The van der Waals surface area contributed by atoms with Crippen LogP contribution in [0.4, 0.5) is 0 Å². The number of halogens is 1. The summed E-state index contributed by atoms with van der Waals surface area (Å²) < 4.78 is 0.00403. The van der Waals surface area contributed by atoms with Crippen molar-refractivity contribution in [3.8, 4) is 0 Å². The van der Waals surface area contributed by atoms with E-state index < -0.39 is 0 Å². The third-order valence-electron chi connectivity index (χ3n) is 2.76. The number of carbonyl (C=O) groups excluding carboxylic acids is 1. The first-order chi connectivity index (χ1) is 7.13. The molecule has 0 aliphatic rings. The molecule has 1 aromatic carbocycles. The second-order valence-electron chi connectivity index (χ2n) is 3.62. The molecule has 0 aliphatic carbocycles. The lowest BCUT2D eigenvalue weighted by molar-refractivity contribution is 0.109. The monoisotopic (exact) mass is 268 g/mol. The van der Waals surface area contributed by atoms with Crippen LogP contribution in [0, 0.1) is 0 Å². The van der Waals surface area contributed by atoms with Crippen LogP contribution >= 0.6 is 15.9 Å². The second kappa shape index (κ2) is 5.45. The van der Waals surface area contributed by atoms with E-state index in [1.54, 1.807) is 0 Å². The van der Waals surface area contributed by atoms with Crippen molar-refractivity contribution in [1.29, 1.82) is 0 Å². The highest BCUT2D eigenvalue weighted by molar-refractivity contribution is 9.18. The zero-order valence-electron chi connectivity index (χ0n) is 9.56. The lowest BCUT2D eigenvalue weighted by Gasteiger charge is -2.12. The Morgan fingerprint density at radius 2 is 1.80 bits per heavy atom. The first kappa shape index (κ1) is 12.4. The highest BCUT2D eigenvalue weighted by Gasteiger charge is 2.12. The summed E-state index contributed by atoms with van der Waals surface area (Å²) in [7, 11) is 0. The molecule has 0 unspecified atom stereocenters. The molecule has 0 saturated heterocycles. The lowest BCUT2D eigenvalue weighted by Crippen LogP contribution is -2.03. The molecule has 1 aromatic rings. The number of benzene rings is 1. The van der Waals surface area contributed by atoms with Gasteiger partial charge in [-0.3, -0.25) is 4.79 Å². The Hall–Kier alpha value is -0.630. The van der Waals surface area contributed by atoms with Crippen molar-refractivity contribution in [1.82, 2.24) is 0 Å². The van der Waals surface area contributed by atoms with Crippen LogP contribution in [0.25, 0.3) is 0 Å². The van der Waals surface area contributed by atoms with E-state index in [0.717, 1.165) is 24.8 Å². The molecule has 1 rings (SSSR count). The fourth-order valence-corrected chi connectivity index (χ4v) is 2.26. The number of hydrogen-bond acceptors (Lipinski definition) is 1. The summed E-state index contributed by atoms with van der Waals surface area (Å²) >= 11 is 3.06. The third-order valence-corrected chi connectivity index (χ3v) is 3.18. The Morgan fingerprint density at radius 3 is 2.20 bits per heavy atom. The molecule has 0 spiro atoms. The molecule has 0 radical (unpaired) electrons. The summed E-state index contributed by atoms with van der Waals surface area (Å²) in [4.78, 5) is 11.5. The minimum Gasteiger partial charge on any atom is -0.281 e. The Kier molecular flexibility index (Phi) is 4.52. The normalized spacial score (nSPS) is 10.4. The topological polar surface area (TPSA) is 17.1 Å². The van der Waals surface area contributed by atoms with Crippen molar-refractivity contribution >= 4 is 20.6 Å². The van der Waals surface area contributed by atoms with Crippen LogP contribution in [0.2, 0.25) is 0 Å². The minimum atomic E-state index is 0.00403. The van der Waals surface area contributed by atoms with Crippen molar-refractivity contribution < 1.29 is 4.79 Å². The van der Waals surface area contributed by atoms with Crippen molar-refractivity contribution in [2.24, 2.45) is 0 Å². The number of carbonyl (C=O) groups is 1. The van der Waals surface area contributed by atoms with Gasteiger partial charge in [0.15, 0.2) is 0 Å². The van der Waals surface area contributed by atoms with Crippen LogP contribution in [0.5, 0.6) is 0 Å². The Morgan fingerprint density at radius 1 is 1.13 bits per heavy atom. The molecule has 0 amide bonds. The summed E-state index contributed by atoms with van der Waals surface area (Å²) in [6.45, 7) is 6.35. The van der Waals surface area contributed by atoms with Crippen LogP contribution in [0.3, 0.4) is 0 Å². The third kappa shape index (κ3) is 2.69. The first-order valence-electron chi connectivity index (χ1n) is 5.48. The number of rotatable bonds is 4. The molecule has 0 fully saturated rings. The van der Waals surface area contributed by atoms with Gasteiger partial charge in [0.2, 0.25) is 4.69 Å². The van der Waals surface area contributed by atoms with Gasteiger partial charge in [-0.15, -0.1) is 0 Å². The summed E-state index contributed by atoms with van der Waals surface area (Å²) in [6.07, 6.45) is 2.88. The van der Waals surface area contributed by atoms with Crippen molar-refractivity contribution in [2.45, 2.75) is 40.0 Å². The van der Waals surface area contributed by atoms with Crippen molar-refractivity contribution in [3.63, 3.8) is 0 Å². The van der Waals surface area contributed by atoms with Gasteiger partial charge in [0.1, 0.15) is 0 Å². The van der Waals surface area contributed by atoms with Gasteiger partial charge in [0.25, 0.3) is 0 Å². The van der Waals surface area contributed by atoms with E-state index in [4.69, 9.17) is 0 Å². The van der Waals surface area contributed by atoms with Gasteiger partial charge >= 0.3 is 0 Å². The average Bonchev–Trinajstić information content (AvgIpc) is 2.26. The fourth-order valence-electron chi connectivity index (χ4n) is 1.91. The van der Waals surface area contributed by atoms with E-state index in [2.05, 4.69) is 42.8 Å². The Balaban J connectivity index is 3.39.